The van der Waals surface area contributed by atoms with Crippen LogP contribution in [-0.2, 0) is 4.79 Å². The quantitative estimate of drug-likeness (QED) is 0.743. The van der Waals surface area contributed by atoms with E-state index < -0.39 is 0 Å². The molecule has 0 bridgehead atoms. The third kappa shape index (κ3) is 2.34. The Hall–Kier alpha value is -1.36. The molecule has 1 aromatic heterocycles. The van der Waals surface area contributed by atoms with Gasteiger partial charge < -0.3 is 10.6 Å². The van der Waals surface area contributed by atoms with E-state index in [2.05, 4.69) is 27.8 Å². The number of aryl methyl sites for hydroxylation is 1. The molecule has 1 aromatic rings. The van der Waals surface area contributed by atoms with E-state index in [0.29, 0.717) is 5.82 Å². The molecule has 17 heavy (non-hydrogen) atoms. The van der Waals surface area contributed by atoms with Crippen molar-refractivity contribution < 1.29 is 4.79 Å². The first-order chi connectivity index (χ1) is 8.18. The summed E-state index contributed by atoms with van der Waals surface area (Å²) in [4.78, 5) is 12.4. The number of H-pyrrole nitrogens is 1. The third-order valence-corrected chi connectivity index (χ3v) is 3.70. The number of aromatic nitrogens is 2. The van der Waals surface area contributed by atoms with Crippen molar-refractivity contribution in [2.45, 2.75) is 33.1 Å². The Morgan fingerprint density at radius 3 is 3.00 bits per heavy atom. The molecule has 5 heteroatoms. The summed E-state index contributed by atoms with van der Waals surface area (Å²) in [7, 11) is 0. The summed E-state index contributed by atoms with van der Waals surface area (Å²) in [5, 5.41) is 13.0. The Labute approximate surface area is 101 Å². The third-order valence-electron chi connectivity index (χ3n) is 3.70. The van der Waals surface area contributed by atoms with Crippen molar-refractivity contribution in [2.24, 2.45) is 5.41 Å². The molecule has 2 heterocycles. The van der Waals surface area contributed by atoms with E-state index in [1.807, 2.05) is 6.92 Å². The summed E-state index contributed by atoms with van der Waals surface area (Å²) in [6.45, 7) is 5.78. The zero-order valence-corrected chi connectivity index (χ0v) is 10.5. The normalized spacial score (nSPS) is 24.6. The Morgan fingerprint density at radius 2 is 2.47 bits per heavy atom. The van der Waals surface area contributed by atoms with Gasteiger partial charge in [-0.2, -0.15) is 5.10 Å². The van der Waals surface area contributed by atoms with Gasteiger partial charge in [0.15, 0.2) is 0 Å². The maximum Gasteiger partial charge on any atom is 0.233 e. The summed E-state index contributed by atoms with van der Waals surface area (Å²) in [5.41, 5.74) is 0.698. The average molecular weight is 236 g/mol. The molecule has 1 saturated heterocycles. The van der Waals surface area contributed by atoms with Gasteiger partial charge in [-0.3, -0.25) is 9.89 Å². The smallest absolute Gasteiger partial charge is 0.233 e. The molecule has 2 rings (SSSR count). The molecule has 1 aliphatic rings. The predicted molar refractivity (Wildman–Crippen MR) is 66.8 cm³/mol. The van der Waals surface area contributed by atoms with Crippen molar-refractivity contribution in [3.8, 4) is 0 Å². The average Bonchev–Trinajstić information content (AvgIpc) is 2.76. The minimum Gasteiger partial charge on any atom is -0.316 e. The largest absolute Gasteiger partial charge is 0.316 e. The predicted octanol–water partition coefficient (Wildman–Crippen LogP) is 1.44. The fraction of sp³-hybridized carbons (Fsp3) is 0.667. The summed E-state index contributed by atoms with van der Waals surface area (Å²) in [5.74, 6) is 0.813. The van der Waals surface area contributed by atoms with E-state index in [9.17, 15) is 4.79 Å². The summed E-state index contributed by atoms with van der Waals surface area (Å²) >= 11 is 0. The van der Waals surface area contributed by atoms with Gasteiger partial charge in [-0.25, -0.2) is 0 Å². The zero-order valence-electron chi connectivity index (χ0n) is 10.5. The lowest BCUT2D eigenvalue weighted by molar-refractivity contribution is -0.126. The van der Waals surface area contributed by atoms with Crippen LogP contribution in [-0.4, -0.2) is 29.2 Å². The maximum atomic E-state index is 12.4. The lowest BCUT2D eigenvalue weighted by Crippen LogP contribution is -2.47. The molecule has 1 fully saturated rings. The molecule has 0 aliphatic carbocycles. The molecule has 1 atom stereocenters. The van der Waals surface area contributed by atoms with Crippen LogP contribution in [0.15, 0.2) is 6.20 Å². The lowest BCUT2D eigenvalue weighted by atomic mass is 9.77. The number of hydrogen-bond acceptors (Lipinski definition) is 3. The van der Waals surface area contributed by atoms with Crippen LogP contribution in [0.5, 0.6) is 0 Å². The molecule has 0 aromatic carbocycles. The summed E-state index contributed by atoms with van der Waals surface area (Å²) < 4.78 is 0. The van der Waals surface area contributed by atoms with Crippen LogP contribution >= 0.6 is 0 Å². The highest BCUT2D eigenvalue weighted by Gasteiger charge is 2.38. The highest BCUT2D eigenvalue weighted by atomic mass is 16.2. The summed E-state index contributed by atoms with van der Waals surface area (Å²) in [6.07, 6.45) is 4.59. The molecule has 1 aliphatic heterocycles. The topological polar surface area (TPSA) is 69.8 Å². The standard InChI is InChI=1S/C12H20N4O/c1-3-12(5-4-6-13-8-12)11(17)15-10-9(2)7-14-16-10/h7,13H,3-6,8H2,1-2H3,(H2,14,15,16,17). The number of amides is 1. The monoisotopic (exact) mass is 236 g/mol. The highest BCUT2D eigenvalue weighted by molar-refractivity contribution is 5.95. The number of aromatic amines is 1. The van der Waals surface area contributed by atoms with Crippen molar-refractivity contribution in [2.75, 3.05) is 18.4 Å². The molecule has 94 valence electrons. The number of piperidine rings is 1. The van der Waals surface area contributed by atoms with E-state index in [-0.39, 0.29) is 11.3 Å². The Kier molecular flexibility index (Phi) is 3.47. The van der Waals surface area contributed by atoms with Crippen LogP contribution in [0.4, 0.5) is 5.82 Å². The van der Waals surface area contributed by atoms with Crippen molar-refractivity contribution in [1.82, 2.24) is 15.5 Å². The van der Waals surface area contributed by atoms with Gasteiger partial charge in [0.25, 0.3) is 0 Å². The molecule has 1 unspecified atom stereocenters. The molecule has 1 amide bonds. The number of rotatable bonds is 3. The number of carbonyl (C=O) groups is 1. The second kappa shape index (κ2) is 4.87. The van der Waals surface area contributed by atoms with Crippen LogP contribution in [0.2, 0.25) is 0 Å². The highest BCUT2D eigenvalue weighted by Crippen LogP contribution is 2.31. The van der Waals surface area contributed by atoms with Crippen LogP contribution in [0.3, 0.4) is 0 Å². The number of nitrogens with one attached hydrogen (secondary N) is 3. The second-order valence-electron chi connectivity index (χ2n) is 4.80. The number of anilines is 1. The van der Waals surface area contributed by atoms with E-state index in [0.717, 1.165) is 37.9 Å². The van der Waals surface area contributed by atoms with Crippen LogP contribution in [0, 0.1) is 12.3 Å². The molecular weight excluding hydrogens is 216 g/mol. The minimum atomic E-state index is -0.268. The number of carbonyl (C=O) groups excluding carboxylic acids is 1. The van der Waals surface area contributed by atoms with Gasteiger partial charge in [0.1, 0.15) is 5.82 Å². The minimum absolute atomic E-state index is 0.0968. The van der Waals surface area contributed by atoms with Crippen molar-refractivity contribution in [1.29, 1.82) is 0 Å². The molecule has 5 nitrogen and oxygen atoms in total. The van der Waals surface area contributed by atoms with Crippen molar-refractivity contribution in [3.63, 3.8) is 0 Å². The molecule has 0 saturated carbocycles. The first kappa shape index (κ1) is 12.1. The number of hydrogen-bond donors (Lipinski definition) is 3. The van der Waals surface area contributed by atoms with E-state index >= 15 is 0 Å². The van der Waals surface area contributed by atoms with E-state index in [1.54, 1.807) is 6.20 Å². The first-order valence-corrected chi connectivity index (χ1v) is 6.20. The fourth-order valence-electron chi connectivity index (χ4n) is 2.34. The second-order valence-corrected chi connectivity index (χ2v) is 4.80. The van der Waals surface area contributed by atoms with Crippen LogP contribution < -0.4 is 10.6 Å². The van der Waals surface area contributed by atoms with Gasteiger partial charge in [0.05, 0.1) is 11.6 Å². The molecule has 3 N–H and O–H groups in total. The van der Waals surface area contributed by atoms with Gasteiger partial charge in [-0.15, -0.1) is 0 Å². The van der Waals surface area contributed by atoms with Gasteiger partial charge in [0, 0.05) is 12.1 Å². The first-order valence-electron chi connectivity index (χ1n) is 6.20. The molecule has 0 spiro atoms. The Balaban J connectivity index is 2.10. The van der Waals surface area contributed by atoms with Gasteiger partial charge in [-0.05, 0) is 32.7 Å². The van der Waals surface area contributed by atoms with Crippen LogP contribution in [0.25, 0.3) is 0 Å². The van der Waals surface area contributed by atoms with Gasteiger partial charge in [0.2, 0.25) is 5.91 Å². The lowest BCUT2D eigenvalue weighted by Gasteiger charge is -2.35. The van der Waals surface area contributed by atoms with E-state index in [4.69, 9.17) is 0 Å². The van der Waals surface area contributed by atoms with Crippen molar-refractivity contribution >= 4 is 11.7 Å². The van der Waals surface area contributed by atoms with Gasteiger partial charge in [-0.1, -0.05) is 6.92 Å². The Bertz CT molecular complexity index is 393. The summed E-state index contributed by atoms with van der Waals surface area (Å²) in [6, 6.07) is 0. The van der Waals surface area contributed by atoms with E-state index in [1.165, 1.54) is 0 Å². The molecular formula is C12H20N4O. The fourth-order valence-corrected chi connectivity index (χ4v) is 2.34. The maximum absolute atomic E-state index is 12.4. The van der Waals surface area contributed by atoms with Gasteiger partial charge >= 0.3 is 0 Å². The Morgan fingerprint density at radius 1 is 1.65 bits per heavy atom. The van der Waals surface area contributed by atoms with Crippen LogP contribution in [0.1, 0.15) is 31.7 Å². The molecule has 0 radical (unpaired) electrons. The van der Waals surface area contributed by atoms with Crippen molar-refractivity contribution in [3.05, 3.63) is 11.8 Å². The number of nitrogens with zero attached hydrogens (tertiary/aromatic N) is 1. The SMILES string of the molecule is CCC1(C(=O)Nc2[nH]ncc2C)CCCNC1. The zero-order chi connectivity index (χ0) is 12.3.